The molecular weight excluding hydrogens is 588 g/mol. The predicted molar refractivity (Wildman–Crippen MR) is 143 cm³/mol. The second-order valence-electron chi connectivity index (χ2n) is 9.84. The number of aromatic nitrogens is 1. The number of halogens is 6. The number of rotatable bonds is 13. The zero-order valence-corrected chi connectivity index (χ0v) is 23.1. The third-order valence-electron chi connectivity index (χ3n) is 6.02. The van der Waals surface area contributed by atoms with Gasteiger partial charge in [-0.3, -0.25) is 30.6 Å². The van der Waals surface area contributed by atoms with Gasteiger partial charge in [-0.25, -0.2) is 4.98 Å². The summed E-state index contributed by atoms with van der Waals surface area (Å²) in [5.74, 6) is -4.55. The van der Waals surface area contributed by atoms with Crippen molar-refractivity contribution in [3.63, 3.8) is 0 Å². The highest BCUT2D eigenvalue weighted by Crippen LogP contribution is 2.39. The molecule has 0 aliphatic carbocycles. The maximum atomic E-state index is 14.2. The molecule has 2 amide bonds. The number of ether oxygens (including phenoxy) is 1. The van der Waals surface area contributed by atoms with E-state index < -0.39 is 76.0 Å². The van der Waals surface area contributed by atoms with Crippen LogP contribution < -0.4 is 16.2 Å². The van der Waals surface area contributed by atoms with Gasteiger partial charge in [0.2, 0.25) is 11.3 Å². The van der Waals surface area contributed by atoms with Gasteiger partial charge >= 0.3 is 18.0 Å². The molecule has 1 atom stereocenters. The van der Waals surface area contributed by atoms with E-state index in [9.17, 15) is 46.0 Å². The number of nitrogens with zero attached hydrogens (tertiary/aromatic N) is 2. The standard InChI is InChI=1S/C27H29F6N5O5/c1-5-7-14-24(3,4)35-21-18(26(28,29)30)15-19(38(41)42)20(34-21)22(39)36-37-23(40)25(13-6-2,27(31,32)33)43-16-17-11-9-8-10-12-17/h5-6,8-12,15H,1-2,7,13-14,16H2,3-4H3,(H,34,35)(H,36,39)(H,37,40). The van der Waals surface area contributed by atoms with E-state index in [0.717, 1.165) is 6.08 Å². The van der Waals surface area contributed by atoms with Crippen LogP contribution in [0.15, 0.2) is 61.7 Å². The number of anilines is 1. The molecule has 1 unspecified atom stereocenters. The Bertz CT molecular complexity index is 1350. The lowest BCUT2D eigenvalue weighted by Crippen LogP contribution is -2.61. The van der Waals surface area contributed by atoms with Crippen molar-refractivity contribution in [3.05, 3.63) is 88.6 Å². The highest BCUT2D eigenvalue weighted by Gasteiger charge is 2.61. The Morgan fingerprint density at radius 2 is 1.67 bits per heavy atom. The van der Waals surface area contributed by atoms with Gasteiger partial charge in [0.1, 0.15) is 11.4 Å². The van der Waals surface area contributed by atoms with Gasteiger partial charge in [0, 0.05) is 18.0 Å². The van der Waals surface area contributed by atoms with Crippen LogP contribution in [0.4, 0.5) is 37.8 Å². The van der Waals surface area contributed by atoms with Crippen molar-refractivity contribution in [2.24, 2.45) is 0 Å². The minimum atomic E-state index is -5.35. The average molecular weight is 618 g/mol. The lowest BCUT2D eigenvalue weighted by molar-refractivity contribution is -0.385. The number of nitrogens with one attached hydrogen (secondary N) is 3. The van der Waals surface area contributed by atoms with Crippen molar-refractivity contribution in [1.82, 2.24) is 15.8 Å². The summed E-state index contributed by atoms with van der Waals surface area (Å²) >= 11 is 0. The molecular formula is C27H29F6N5O5. The lowest BCUT2D eigenvalue weighted by Gasteiger charge is -2.33. The summed E-state index contributed by atoms with van der Waals surface area (Å²) in [6.45, 7) is 9.08. The van der Waals surface area contributed by atoms with Crippen LogP contribution in [-0.2, 0) is 22.3 Å². The number of pyridine rings is 1. The molecule has 43 heavy (non-hydrogen) atoms. The Labute approximate surface area is 242 Å². The van der Waals surface area contributed by atoms with Gasteiger partial charge in [-0.05, 0) is 32.3 Å². The van der Waals surface area contributed by atoms with E-state index in [1.165, 1.54) is 49.6 Å². The number of carbonyl (C=O) groups excluding carboxylic acids is 2. The molecule has 0 saturated carbocycles. The number of carbonyl (C=O) groups is 2. The van der Waals surface area contributed by atoms with E-state index in [4.69, 9.17) is 4.74 Å². The molecule has 0 saturated heterocycles. The fraction of sp³-hybridized carbons (Fsp3) is 0.370. The van der Waals surface area contributed by atoms with E-state index in [0.29, 0.717) is 6.42 Å². The molecule has 16 heteroatoms. The molecule has 1 aromatic heterocycles. The largest absolute Gasteiger partial charge is 0.427 e. The average Bonchev–Trinajstić information content (AvgIpc) is 2.91. The molecule has 2 aromatic rings. The highest BCUT2D eigenvalue weighted by atomic mass is 19.4. The van der Waals surface area contributed by atoms with Gasteiger partial charge in [0.15, 0.2) is 0 Å². The van der Waals surface area contributed by atoms with Crippen molar-refractivity contribution in [2.45, 2.75) is 63.2 Å². The van der Waals surface area contributed by atoms with E-state index in [2.05, 4.69) is 23.5 Å². The number of hydrogen-bond acceptors (Lipinski definition) is 7. The number of allylic oxidation sites excluding steroid dienone is 1. The Morgan fingerprint density at radius 3 is 2.19 bits per heavy atom. The maximum absolute atomic E-state index is 14.2. The van der Waals surface area contributed by atoms with Crippen molar-refractivity contribution >= 4 is 23.3 Å². The zero-order valence-electron chi connectivity index (χ0n) is 23.1. The second kappa shape index (κ2) is 13.7. The molecule has 0 aliphatic heterocycles. The van der Waals surface area contributed by atoms with Gasteiger partial charge in [-0.2, -0.15) is 26.3 Å². The van der Waals surface area contributed by atoms with Gasteiger partial charge in [0.05, 0.1) is 11.5 Å². The number of nitro groups is 1. The monoisotopic (exact) mass is 617 g/mol. The van der Waals surface area contributed by atoms with E-state index in [1.807, 2.05) is 0 Å². The highest BCUT2D eigenvalue weighted by molar-refractivity contribution is 5.98. The molecule has 1 heterocycles. The molecule has 0 fully saturated rings. The van der Waals surface area contributed by atoms with E-state index in [1.54, 1.807) is 11.5 Å². The molecule has 3 N–H and O–H groups in total. The van der Waals surface area contributed by atoms with Crippen molar-refractivity contribution in [2.75, 3.05) is 5.32 Å². The predicted octanol–water partition coefficient (Wildman–Crippen LogP) is 6.02. The Balaban J connectivity index is 2.47. The molecule has 10 nitrogen and oxygen atoms in total. The minimum absolute atomic E-state index is 0.0658. The van der Waals surface area contributed by atoms with Crippen molar-refractivity contribution in [3.8, 4) is 0 Å². The summed E-state index contributed by atoms with van der Waals surface area (Å²) < 4.78 is 89.1. The summed E-state index contributed by atoms with van der Waals surface area (Å²) in [5, 5.41) is 14.1. The SMILES string of the molecule is C=CCCC(C)(C)Nc1nc(C(=O)NNC(=O)C(CC=C)(OCc2ccccc2)C(F)(F)F)c([N+](=O)[O-])cc1C(F)(F)F. The third-order valence-corrected chi connectivity index (χ3v) is 6.02. The van der Waals surface area contributed by atoms with Crippen molar-refractivity contribution < 1.29 is 45.6 Å². The number of benzene rings is 1. The van der Waals surface area contributed by atoms with Crippen LogP contribution in [0.2, 0.25) is 0 Å². The smallest absolute Gasteiger partial charge is 0.365 e. The number of alkyl halides is 6. The fourth-order valence-electron chi connectivity index (χ4n) is 3.77. The molecule has 1 aromatic carbocycles. The van der Waals surface area contributed by atoms with Crippen LogP contribution >= 0.6 is 0 Å². The molecule has 0 radical (unpaired) electrons. The van der Waals surface area contributed by atoms with E-state index >= 15 is 0 Å². The molecule has 0 aliphatic rings. The first kappa shape index (κ1) is 34.7. The summed E-state index contributed by atoms with van der Waals surface area (Å²) in [5.41, 5.74) is -5.49. The van der Waals surface area contributed by atoms with Crippen LogP contribution in [0.5, 0.6) is 0 Å². The maximum Gasteiger partial charge on any atom is 0.427 e. The summed E-state index contributed by atoms with van der Waals surface area (Å²) in [4.78, 5) is 39.6. The molecule has 0 bridgehead atoms. The van der Waals surface area contributed by atoms with Gasteiger partial charge in [-0.15, -0.1) is 13.2 Å². The molecule has 0 spiro atoms. The third kappa shape index (κ3) is 8.76. The molecule has 234 valence electrons. The Morgan fingerprint density at radius 1 is 1.05 bits per heavy atom. The Kier molecular flexibility index (Phi) is 11.0. The topological polar surface area (TPSA) is 135 Å². The first-order chi connectivity index (χ1) is 19.9. The van der Waals surface area contributed by atoms with Crippen LogP contribution in [0.3, 0.4) is 0 Å². The summed E-state index contributed by atoms with van der Waals surface area (Å²) in [6.07, 6.45) is -8.72. The summed E-state index contributed by atoms with van der Waals surface area (Å²) in [6, 6.07) is 7.59. The lowest BCUT2D eigenvalue weighted by atomic mass is 9.97. The van der Waals surface area contributed by atoms with Crippen LogP contribution in [0.1, 0.15) is 54.7 Å². The van der Waals surface area contributed by atoms with Crippen LogP contribution in [0, 0.1) is 10.1 Å². The Hall–Kier alpha value is -4.47. The van der Waals surface area contributed by atoms with E-state index in [-0.39, 0.29) is 18.1 Å². The summed E-state index contributed by atoms with van der Waals surface area (Å²) in [7, 11) is 0. The number of hydrazine groups is 1. The number of hydrogen-bond donors (Lipinski definition) is 3. The normalized spacial score (nSPS) is 13.4. The zero-order chi connectivity index (χ0) is 32.6. The second-order valence-corrected chi connectivity index (χ2v) is 9.84. The van der Waals surface area contributed by atoms with Crippen LogP contribution in [-0.4, -0.2) is 39.0 Å². The van der Waals surface area contributed by atoms with Crippen molar-refractivity contribution in [1.29, 1.82) is 0 Å². The van der Waals surface area contributed by atoms with Crippen LogP contribution in [0.25, 0.3) is 0 Å². The van der Waals surface area contributed by atoms with Gasteiger partial charge < -0.3 is 10.1 Å². The first-order valence-electron chi connectivity index (χ1n) is 12.5. The molecule has 2 rings (SSSR count). The minimum Gasteiger partial charge on any atom is -0.365 e. The van der Waals surface area contributed by atoms with Gasteiger partial charge in [0.25, 0.3) is 11.8 Å². The quantitative estimate of drug-likeness (QED) is 0.108. The van der Waals surface area contributed by atoms with Gasteiger partial charge in [-0.1, -0.05) is 42.5 Å². The number of amides is 2. The first-order valence-corrected chi connectivity index (χ1v) is 12.5. The fourth-order valence-corrected chi connectivity index (χ4v) is 3.77.